The number of hydrogen-bond acceptors (Lipinski definition) is 10. The quantitative estimate of drug-likeness (QED) is 0.246. The molecular weight excluding hydrogens is 390 g/mol. The number of carbonyl (C=O) groups excluding carboxylic acids is 1. The van der Waals surface area contributed by atoms with Gasteiger partial charge in [-0.25, -0.2) is 4.79 Å². The number of benzene rings is 1. The lowest BCUT2D eigenvalue weighted by atomic mass is 10.1. The molecule has 9 nitrogen and oxygen atoms in total. The van der Waals surface area contributed by atoms with E-state index in [0.717, 1.165) is 0 Å². The number of esters is 1. The second-order valence-electron chi connectivity index (χ2n) is 4.99. The number of aromatic hydroxyl groups is 1. The summed E-state index contributed by atoms with van der Waals surface area (Å²) in [6.07, 6.45) is 0. The molecule has 140 valence electrons. The van der Waals surface area contributed by atoms with Crippen molar-refractivity contribution in [3.63, 3.8) is 0 Å². The van der Waals surface area contributed by atoms with Gasteiger partial charge in [-0.2, -0.15) is 10.5 Å². The van der Waals surface area contributed by atoms with Crippen LogP contribution in [0.3, 0.4) is 0 Å². The van der Waals surface area contributed by atoms with Gasteiger partial charge in [-0.05, 0) is 19.1 Å². The molecular formula is C16H15N5O4S2. The molecule has 0 bridgehead atoms. The molecule has 11 heteroatoms. The van der Waals surface area contributed by atoms with Gasteiger partial charge in [-0.1, -0.05) is 0 Å². The lowest BCUT2D eigenvalue weighted by Crippen LogP contribution is -2.14. The number of nitrogens with zero attached hydrogens (tertiary/aromatic N) is 2. The molecule has 6 N–H and O–H groups in total. The molecule has 0 saturated heterocycles. The van der Waals surface area contributed by atoms with Gasteiger partial charge >= 0.3 is 5.97 Å². The van der Waals surface area contributed by atoms with E-state index in [1.807, 2.05) is 0 Å². The predicted octanol–water partition coefficient (Wildman–Crippen LogP) is 1.37. The summed E-state index contributed by atoms with van der Waals surface area (Å²) in [4.78, 5) is 25.3. The number of hydrogen-bond donors (Lipinski definition) is 6. The van der Waals surface area contributed by atoms with Gasteiger partial charge in [0, 0.05) is 15.4 Å². The predicted molar refractivity (Wildman–Crippen MR) is 104 cm³/mol. The molecule has 0 atom stereocenters. The maximum absolute atomic E-state index is 11.4. The van der Waals surface area contributed by atoms with E-state index in [9.17, 15) is 9.59 Å². The van der Waals surface area contributed by atoms with E-state index in [2.05, 4.69) is 35.0 Å². The Morgan fingerprint density at radius 3 is 2.48 bits per heavy atom. The van der Waals surface area contributed by atoms with Gasteiger partial charge in [-0.15, -0.1) is 25.3 Å². The zero-order valence-electron chi connectivity index (χ0n) is 14.0. The SMILES string of the molecule is Cc1c(C#N)c(O)[nH]c(=O)c1N.N#CCOC(=O)c1cc(S)cc(S)c1N. The van der Waals surface area contributed by atoms with Gasteiger partial charge in [0.2, 0.25) is 5.88 Å². The van der Waals surface area contributed by atoms with Crippen molar-refractivity contribution in [3.8, 4) is 18.0 Å². The Labute approximate surface area is 165 Å². The van der Waals surface area contributed by atoms with Gasteiger partial charge < -0.3 is 21.3 Å². The molecule has 0 radical (unpaired) electrons. The average molecular weight is 405 g/mol. The van der Waals surface area contributed by atoms with Crippen LogP contribution in [0.15, 0.2) is 26.7 Å². The summed E-state index contributed by atoms with van der Waals surface area (Å²) in [7, 11) is 0. The molecule has 0 fully saturated rings. The van der Waals surface area contributed by atoms with Crippen molar-refractivity contribution in [2.75, 3.05) is 18.1 Å². The summed E-state index contributed by atoms with van der Waals surface area (Å²) >= 11 is 8.16. The summed E-state index contributed by atoms with van der Waals surface area (Å²) in [6.45, 7) is 1.19. The van der Waals surface area contributed by atoms with E-state index in [-0.39, 0.29) is 29.1 Å². The van der Waals surface area contributed by atoms with Crippen LogP contribution in [0.25, 0.3) is 0 Å². The van der Waals surface area contributed by atoms with Gasteiger partial charge in [0.15, 0.2) is 6.61 Å². The zero-order valence-corrected chi connectivity index (χ0v) is 15.8. The standard InChI is InChI=1S/C9H8N2O2S2.C7H7N3O2/c10-1-2-13-9(12)6-3-5(14)4-7(15)8(6)11;1-3-4(2-8)6(11)10-7(12)5(3)9/h3-4,14-15H,2,11H2;9H2,1H3,(H2,10,11,12). The van der Waals surface area contributed by atoms with Crippen LogP contribution in [0, 0.1) is 29.6 Å². The number of pyridine rings is 1. The van der Waals surface area contributed by atoms with Gasteiger partial charge in [-0.3, -0.25) is 9.78 Å². The number of H-pyrrole nitrogens is 1. The van der Waals surface area contributed by atoms with E-state index in [1.165, 1.54) is 13.0 Å². The first-order chi connectivity index (χ1) is 12.6. The first kappa shape index (κ1) is 21.8. The molecule has 0 unspecified atom stereocenters. The number of carbonyl (C=O) groups is 1. The van der Waals surface area contributed by atoms with Gasteiger partial charge in [0.25, 0.3) is 5.56 Å². The minimum absolute atomic E-state index is 0.00657. The monoisotopic (exact) mass is 405 g/mol. The Morgan fingerprint density at radius 1 is 1.30 bits per heavy atom. The fourth-order valence-corrected chi connectivity index (χ4v) is 2.44. The lowest BCUT2D eigenvalue weighted by molar-refractivity contribution is 0.0555. The summed E-state index contributed by atoms with van der Waals surface area (Å²) in [5.74, 6) is -1.09. The first-order valence-corrected chi connectivity index (χ1v) is 8.00. The largest absolute Gasteiger partial charge is 0.494 e. The highest BCUT2D eigenvalue weighted by Gasteiger charge is 2.14. The maximum Gasteiger partial charge on any atom is 0.341 e. The van der Waals surface area contributed by atoms with E-state index in [4.69, 9.17) is 27.1 Å². The maximum atomic E-state index is 11.4. The lowest BCUT2D eigenvalue weighted by Gasteiger charge is -2.07. The normalized spacial score (nSPS) is 9.37. The smallest absolute Gasteiger partial charge is 0.341 e. The minimum atomic E-state index is -0.653. The fourth-order valence-electron chi connectivity index (χ4n) is 1.82. The highest BCUT2D eigenvalue weighted by atomic mass is 32.1. The Morgan fingerprint density at radius 2 is 1.93 bits per heavy atom. The summed E-state index contributed by atoms with van der Waals surface area (Å²) in [5, 5.41) is 25.8. The van der Waals surface area contributed by atoms with E-state index in [1.54, 1.807) is 18.2 Å². The number of nitrogen functional groups attached to an aromatic ring is 2. The number of aromatic amines is 1. The number of nitrogens with one attached hydrogen (secondary N) is 1. The van der Waals surface area contributed by atoms with Crippen LogP contribution < -0.4 is 17.0 Å². The van der Waals surface area contributed by atoms with Crippen LogP contribution in [0.5, 0.6) is 5.88 Å². The van der Waals surface area contributed by atoms with Crippen molar-refractivity contribution in [3.05, 3.63) is 39.2 Å². The van der Waals surface area contributed by atoms with Crippen LogP contribution in [0.1, 0.15) is 21.5 Å². The molecule has 27 heavy (non-hydrogen) atoms. The molecule has 0 aliphatic carbocycles. The first-order valence-electron chi connectivity index (χ1n) is 7.10. The Bertz CT molecular complexity index is 1020. The highest BCUT2D eigenvalue weighted by molar-refractivity contribution is 7.81. The number of aromatic nitrogens is 1. The number of thiol groups is 2. The van der Waals surface area contributed by atoms with Crippen LogP contribution in [-0.4, -0.2) is 22.7 Å². The molecule has 2 aromatic rings. The molecule has 0 aliphatic rings. The van der Waals surface area contributed by atoms with E-state index in [0.29, 0.717) is 15.4 Å². The number of ether oxygens (including phenoxy) is 1. The molecule has 0 saturated carbocycles. The van der Waals surface area contributed by atoms with Crippen LogP contribution in [0.4, 0.5) is 11.4 Å². The van der Waals surface area contributed by atoms with Crippen molar-refractivity contribution in [1.82, 2.24) is 4.98 Å². The molecule has 2 rings (SSSR count). The van der Waals surface area contributed by atoms with Crippen LogP contribution in [-0.2, 0) is 4.74 Å². The minimum Gasteiger partial charge on any atom is -0.494 e. The van der Waals surface area contributed by atoms with Crippen molar-refractivity contribution >= 4 is 42.6 Å². The molecule has 1 aromatic carbocycles. The average Bonchev–Trinajstić information content (AvgIpc) is 2.61. The Kier molecular flexibility index (Phi) is 7.60. The summed E-state index contributed by atoms with van der Waals surface area (Å²) < 4.78 is 4.62. The van der Waals surface area contributed by atoms with Crippen molar-refractivity contribution in [2.24, 2.45) is 0 Å². The molecule has 0 aliphatic heterocycles. The van der Waals surface area contributed by atoms with E-state index < -0.39 is 17.4 Å². The summed E-state index contributed by atoms with van der Waals surface area (Å²) in [6, 6.07) is 6.51. The van der Waals surface area contributed by atoms with E-state index >= 15 is 0 Å². The highest BCUT2D eigenvalue weighted by Crippen LogP contribution is 2.25. The second kappa shape index (κ2) is 9.43. The third-order valence-corrected chi connectivity index (χ3v) is 3.86. The van der Waals surface area contributed by atoms with Gasteiger partial charge in [0.05, 0.1) is 11.3 Å². The number of nitrogens with two attached hydrogens (primary N) is 2. The van der Waals surface area contributed by atoms with Crippen LogP contribution in [0.2, 0.25) is 0 Å². The second-order valence-corrected chi connectivity index (χ2v) is 5.99. The van der Waals surface area contributed by atoms with Crippen molar-refractivity contribution < 1.29 is 14.6 Å². The Hall–Kier alpha value is -3.28. The Balaban J connectivity index is 0.000000277. The fraction of sp³-hybridized carbons (Fsp3) is 0.125. The zero-order chi connectivity index (χ0) is 20.7. The topological polar surface area (TPSA) is 179 Å². The molecule has 0 spiro atoms. The third kappa shape index (κ3) is 5.34. The number of nitriles is 2. The molecule has 0 amide bonds. The molecule has 1 aromatic heterocycles. The van der Waals surface area contributed by atoms with Crippen LogP contribution >= 0.6 is 25.3 Å². The molecule has 1 heterocycles. The number of rotatable bonds is 2. The third-order valence-electron chi connectivity index (χ3n) is 3.23. The van der Waals surface area contributed by atoms with Crippen molar-refractivity contribution in [2.45, 2.75) is 16.7 Å². The van der Waals surface area contributed by atoms with Gasteiger partial charge in [0.1, 0.15) is 23.4 Å². The summed E-state index contributed by atoms with van der Waals surface area (Å²) in [5.41, 5.74) is 11.0. The number of anilines is 2. The van der Waals surface area contributed by atoms with Crippen molar-refractivity contribution in [1.29, 1.82) is 10.5 Å².